The highest BCUT2D eigenvalue weighted by Gasteiger charge is 2.03. The number of rotatable bonds is 3. The van der Waals surface area contributed by atoms with Crippen LogP contribution in [-0.2, 0) is 6.54 Å². The predicted molar refractivity (Wildman–Crippen MR) is 69.9 cm³/mol. The molecule has 0 heterocycles. The second-order valence-corrected chi connectivity index (χ2v) is 4.35. The Bertz CT molecular complexity index is 650. The molecule has 19 heavy (non-hydrogen) atoms. The molecule has 2 nitrogen and oxygen atoms in total. The molecule has 0 aromatic heterocycles. The van der Waals surface area contributed by atoms with Crippen molar-refractivity contribution >= 4 is 17.3 Å². The van der Waals surface area contributed by atoms with Crippen molar-refractivity contribution in [1.29, 1.82) is 5.26 Å². The zero-order chi connectivity index (χ0) is 13.8. The average molecular weight is 279 g/mol. The van der Waals surface area contributed by atoms with E-state index in [1.807, 2.05) is 6.07 Å². The number of hydrogen-bond donors (Lipinski definition) is 1. The lowest BCUT2D eigenvalue weighted by Crippen LogP contribution is -2.00. The molecule has 0 aliphatic carbocycles. The minimum atomic E-state index is -0.496. The quantitative estimate of drug-likeness (QED) is 0.917. The summed E-state index contributed by atoms with van der Waals surface area (Å²) in [4.78, 5) is 0. The molecule has 1 N–H and O–H groups in total. The van der Waals surface area contributed by atoms with Gasteiger partial charge in [0.25, 0.3) is 0 Å². The van der Waals surface area contributed by atoms with Crippen LogP contribution in [0.5, 0.6) is 0 Å². The van der Waals surface area contributed by atoms with Crippen LogP contribution in [0.25, 0.3) is 0 Å². The van der Waals surface area contributed by atoms with Gasteiger partial charge < -0.3 is 5.32 Å². The molecule has 0 amide bonds. The van der Waals surface area contributed by atoms with Gasteiger partial charge in [-0.25, -0.2) is 8.78 Å². The molecule has 0 saturated heterocycles. The minimum absolute atomic E-state index is 0.0157. The molecule has 0 saturated carbocycles. The molecule has 0 spiro atoms. The smallest absolute Gasteiger partial charge is 0.141 e. The topological polar surface area (TPSA) is 35.8 Å². The van der Waals surface area contributed by atoms with Crippen molar-refractivity contribution in [3.8, 4) is 6.07 Å². The van der Waals surface area contributed by atoms with Gasteiger partial charge >= 0.3 is 0 Å². The SMILES string of the molecule is N#Cc1cc(F)cc(CNc2ccc(F)c(Cl)c2)c1. The fraction of sp³-hybridized carbons (Fsp3) is 0.0714. The third-order valence-corrected chi connectivity index (χ3v) is 2.79. The van der Waals surface area contributed by atoms with E-state index >= 15 is 0 Å². The summed E-state index contributed by atoms with van der Waals surface area (Å²) in [6.45, 7) is 0.314. The molecular formula is C14H9ClF2N2. The first-order valence-corrected chi connectivity index (χ1v) is 5.85. The first-order valence-electron chi connectivity index (χ1n) is 5.47. The highest BCUT2D eigenvalue weighted by molar-refractivity contribution is 6.31. The van der Waals surface area contributed by atoms with Crippen LogP contribution < -0.4 is 5.32 Å². The van der Waals surface area contributed by atoms with Gasteiger partial charge in [0.05, 0.1) is 16.7 Å². The van der Waals surface area contributed by atoms with Crippen LogP contribution in [0.2, 0.25) is 5.02 Å². The lowest BCUT2D eigenvalue weighted by molar-refractivity contribution is 0.625. The van der Waals surface area contributed by atoms with Crippen molar-refractivity contribution in [1.82, 2.24) is 0 Å². The van der Waals surface area contributed by atoms with Gasteiger partial charge in [-0.05, 0) is 42.0 Å². The van der Waals surface area contributed by atoms with Gasteiger partial charge in [0, 0.05) is 12.2 Å². The zero-order valence-corrected chi connectivity index (χ0v) is 10.5. The first-order chi connectivity index (χ1) is 9.08. The highest BCUT2D eigenvalue weighted by atomic mass is 35.5. The Hall–Kier alpha value is -2.12. The largest absolute Gasteiger partial charge is 0.381 e. The van der Waals surface area contributed by atoms with E-state index in [1.54, 1.807) is 6.07 Å². The summed E-state index contributed by atoms with van der Waals surface area (Å²) in [5.41, 5.74) is 1.50. The van der Waals surface area contributed by atoms with Crippen molar-refractivity contribution in [2.24, 2.45) is 0 Å². The van der Waals surface area contributed by atoms with Gasteiger partial charge in [0.2, 0.25) is 0 Å². The van der Waals surface area contributed by atoms with Gasteiger partial charge in [0.15, 0.2) is 0 Å². The summed E-state index contributed by atoms with van der Waals surface area (Å²) in [6.07, 6.45) is 0. The van der Waals surface area contributed by atoms with E-state index in [4.69, 9.17) is 16.9 Å². The Balaban J connectivity index is 2.12. The molecule has 0 fully saturated rings. The number of hydrogen-bond acceptors (Lipinski definition) is 2. The zero-order valence-electron chi connectivity index (χ0n) is 9.75. The van der Waals surface area contributed by atoms with E-state index in [1.165, 1.54) is 24.3 Å². The van der Waals surface area contributed by atoms with E-state index in [2.05, 4.69) is 5.32 Å². The number of nitriles is 1. The number of benzene rings is 2. The fourth-order valence-electron chi connectivity index (χ4n) is 1.63. The van der Waals surface area contributed by atoms with Gasteiger partial charge in [-0.2, -0.15) is 5.26 Å². The second kappa shape index (κ2) is 5.68. The van der Waals surface area contributed by atoms with Crippen molar-refractivity contribution in [3.05, 3.63) is 64.2 Å². The van der Waals surface area contributed by atoms with Crippen LogP contribution in [0.4, 0.5) is 14.5 Å². The molecular weight excluding hydrogens is 270 g/mol. The number of halogens is 3. The maximum Gasteiger partial charge on any atom is 0.141 e. The number of nitrogens with one attached hydrogen (secondary N) is 1. The van der Waals surface area contributed by atoms with Crippen LogP contribution >= 0.6 is 11.6 Å². The van der Waals surface area contributed by atoms with Gasteiger partial charge in [0.1, 0.15) is 11.6 Å². The molecule has 2 aromatic carbocycles. The summed E-state index contributed by atoms with van der Waals surface area (Å²) in [6, 6.07) is 10.2. The molecule has 0 radical (unpaired) electrons. The number of anilines is 1. The molecule has 0 atom stereocenters. The lowest BCUT2D eigenvalue weighted by Gasteiger charge is -2.07. The molecule has 0 aliphatic heterocycles. The molecule has 0 aliphatic rings. The molecule has 0 bridgehead atoms. The standard InChI is InChI=1S/C14H9ClF2N2/c15-13-6-12(1-2-14(13)17)19-8-10-3-9(7-18)4-11(16)5-10/h1-6,19H,8H2. The third-order valence-electron chi connectivity index (χ3n) is 2.50. The summed E-state index contributed by atoms with van der Waals surface area (Å²) in [5.74, 6) is -0.960. The van der Waals surface area contributed by atoms with E-state index in [9.17, 15) is 8.78 Å². The first kappa shape index (κ1) is 13.3. The summed E-state index contributed by atoms with van der Waals surface area (Å²) in [5, 5.41) is 11.7. The minimum Gasteiger partial charge on any atom is -0.381 e. The Kier molecular flexibility index (Phi) is 3.98. The summed E-state index contributed by atoms with van der Waals surface area (Å²) >= 11 is 5.65. The third kappa shape index (κ3) is 3.43. The summed E-state index contributed by atoms with van der Waals surface area (Å²) in [7, 11) is 0. The normalized spacial score (nSPS) is 10.0. The second-order valence-electron chi connectivity index (χ2n) is 3.94. The van der Waals surface area contributed by atoms with Crippen LogP contribution in [0.3, 0.4) is 0 Å². The van der Waals surface area contributed by atoms with Gasteiger partial charge in [-0.15, -0.1) is 0 Å². The van der Waals surface area contributed by atoms with E-state index < -0.39 is 11.6 Å². The van der Waals surface area contributed by atoms with Crippen molar-refractivity contribution in [2.45, 2.75) is 6.54 Å². The number of nitrogens with zero attached hydrogens (tertiary/aromatic N) is 1. The van der Waals surface area contributed by atoms with Gasteiger partial charge in [-0.1, -0.05) is 11.6 Å². The Morgan fingerprint density at radius 1 is 1.16 bits per heavy atom. The highest BCUT2D eigenvalue weighted by Crippen LogP contribution is 2.20. The molecule has 96 valence electrons. The van der Waals surface area contributed by atoms with Crippen LogP contribution in [0.15, 0.2) is 36.4 Å². The maximum absolute atomic E-state index is 13.2. The van der Waals surface area contributed by atoms with E-state index in [-0.39, 0.29) is 10.6 Å². The fourth-order valence-corrected chi connectivity index (χ4v) is 1.81. The molecule has 5 heteroatoms. The Morgan fingerprint density at radius 2 is 1.95 bits per heavy atom. The monoisotopic (exact) mass is 278 g/mol. The Labute approximate surface area is 114 Å². The van der Waals surface area contributed by atoms with Crippen LogP contribution in [0, 0.1) is 23.0 Å². The average Bonchev–Trinajstić information content (AvgIpc) is 2.39. The Morgan fingerprint density at radius 3 is 2.63 bits per heavy atom. The lowest BCUT2D eigenvalue weighted by atomic mass is 10.1. The van der Waals surface area contributed by atoms with Crippen molar-refractivity contribution < 1.29 is 8.78 Å². The molecule has 2 aromatic rings. The molecule has 0 unspecified atom stereocenters. The molecule has 2 rings (SSSR count). The van der Waals surface area contributed by atoms with E-state index in [0.717, 1.165) is 6.07 Å². The predicted octanol–water partition coefficient (Wildman–Crippen LogP) is 4.10. The van der Waals surface area contributed by atoms with Crippen LogP contribution in [-0.4, -0.2) is 0 Å². The maximum atomic E-state index is 13.2. The van der Waals surface area contributed by atoms with Crippen LogP contribution in [0.1, 0.15) is 11.1 Å². The van der Waals surface area contributed by atoms with Crippen molar-refractivity contribution in [2.75, 3.05) is 5.32 Å². The summed E-state index contributed by atoms with van der Waals surface area (Å²) < 4.78 is 26.2. The van der Waals surface area contributed by atoms with E-state index in [0.29, 0.717) is 17.8 Å². The van der Waals surface area contributed by atoms with Crippen molar-refractivity contribution in [3.63, 3.8) is 0 Å². The van der Waals surface area contributed by atoms with Gasteiger partial charge in [-0.3, -0.25) is 0 Å².